The Bertz CT molecular complexity index is 314. The maximum Gasteiger partial charge on any atom is 0.437 e. The molecule has 0 spiro atoms. The zero-order valence-electron chi connectivity index (χ0n) is 7.31. The van der Waals surface area contributed by atoms with Gasteiger partial charge in [0.05, 0.1) is 11.4 Å². The minimum absolute atomic E-state index is 0.283. The number of anilines is 1. The molecule has 0 aromatic carbocycles. The van der Waals surface area contributed by atoms with Crippen molar-refractivity contribution >= 4 is 5.69 Å². The molecule has 0 saturated carbocycles. The molecule has 1 aromatic heterocycles. The highest BCUT2D eigenvalue weighted by Crippen LogP contribution is 2.33. The highest BCUT2D eigenvalue weighted by molar-refractivity contribution is 5.48. The van der Waals surface area contributed by atoms with Crippen LogP contribution in [0.15, 0.2) is 0 Å². The Hall–Kier alpha value is -1.20. The van der Waals surface area contributed by atoms with Crippen LogP contribution in [0, 0.1) is 6.92 Å². The summed E-state index contributed by atoms with van der Waals surface area (Å²) in [6, 6.07) is 0. The number of alkyl halides is 3. The summed E-state index contributed by atoms with van der Waals surface area (Å²) >= 11 is 0. The summed E-state index contributed by atoms with van der Waals surface area (Å²) in [5.41, 5.74) is 4.34. The van der Waals surface area contributed by atoms with Gasteiger partial charge in [-0.1, -0.05) is 0 Å². The fourth-order valence-corrected chi connectivity index (χ4v) is 1.08. The second-order valence-electron chi connectivity index (χ2n) is 2.66. The van der Waals surface area contributed by atoms with Crippen molar-refractivity contribution in [3.05, 3.63) is 11.4 Å². The van der Waals surface area contributed by atoms with Crippen LogP contribution >= 0.6 is 0 Å². The molecule has 1 aromatic rings. The van der Waals surface area contributed by atoms with Crippen molar-refractivity contribution in [2.75, 3.05) is 5.73 Å². The molecule has 0 amide bonds. The molecule has 2 N–H and O–H groups in total. The number of halogens is 3. The fourth-order valence-electron chi connectivity index (χ4n) is 1.08. The van der Waals surface area contributed by atoms with Crippen molar-refractivity contribution in [2.24, 2.45) is 0 Å². The van der Waals surface area contributed by atoms with E-state index in [4.69, 9.17) is 5.73 Å². The average molecular weight is 193 g/mol. The summed E-state index contributed by atoms with van der Waals surface area (Å²) in [5.74, 6) is 0. The number of hydrogen-bond donors (Lipinski definition) is 1. The largest absolute Gasteiger partial charge is 0.437 e. The molecule has 0 saturated heterocycles. The molecule has 0 aliphatic carbocycles. The molecule has 0 aliphatic rings. The van der Waals surface area contributed by atoms with Crippen LogP contribution in [0.1, 0.15) is 18.3 Å². The van der Waals surface area contributed by atoms with Gasteiger partial charge in [-0.05, 0) is 13.8 Å². The summed E-state index contributed by atoms with van der Waals surface area (Å²) in [4.78, 5) is 0. The van der Waals surface area contributed by atoms with Crippen molar-refractivity contribution in [1.29, 1.82) is 0 Å². The third-order valence-corrected chi connectivity index (χ3v) is 1.82. The van der Waals surface area contributed by atoms with Gasteiger partial charge in [-0.2, -0.15) is 18.3 Å². The average Bonchev–Trinajstić information content (AvgIpc) is 2.28. The predicted octanol–water partition coefficient (Wildman–Crippen LogP) is 1.81. The summed E-state index contributed by atoms with van der Waals surface area (Å²) in [5, 5.41) is 3.37. The van der Waals surface area contributed by atoms with Crippen LogP contribution in [-0.4, -0.2) is 9.78 Å². The second-order valence-corrected chi connectivity index (χ2v) is 2.66. The predicted molar refractivity (Wildman–Crippen MR) is 42.1 cm³/mol. The smallest absolute Gasteiger partial charge is 0.395 e. The van der Waals surface area contributed by atoms with Crippen molar-refractivity contribution in [2.45, 2.75) is 26.6 Å². The van der Waals surface area contributed by atoms with E-state index in [-0.39, 0.29) is 5.69 Å². The Morgan fingerprint density at radius 1 is 1.46 bits per heavy atom. The molecule has 3 nitrogen and oxygen atoms in total. The van der Waals surface area contributed by atoms with Gasteiger partial charge in [-0.3, -0.25) is 4.68 Å². The van der Waals surface area contributed by atoms with Crippen molar-refractivity contribution in [3.8, 4) is 0 Å². The maximum atomic E-state index is 12.2. The Balaban J connectivity index is 3.25. The highest BCUT2D eigenvalue weighted by atomic mass is 19.4. The molecule has 74 valence electrons. The Morgan fingerprint density at radius 2 is 2.00 bits per heavy atom. The van der Waals surface area contributed by atoms with E-state index in [0.29, 0.717) is 12.2 Å². The Morgan fingerprint density at radius 3 is 2.23 bits per heavy atom. The van der Waals surface area contributed by atoms with E-state index < -0.39 is 11.9 Å². The van der Waals surface area contributed by atoms with Crippen LogP contribution in [0.3, 0.4) is 0 Å². The summed E-state index contributed by atoms with van der Waals surface area (Å²) < 4.78 is 37.9. The third-order valence-electron chi connectivity index (χ3n) is 1.82. The zero-order chi connectivity index (χ0) is 10.2. The maximum absolute atomic E-state index is 12.2. The number of nitrogen functional groups attached to an aromatic ring is 1. The summed E-state index contributed by atoms with van der Waals surface area (Å²) in [7, 11) is 0. The molecule has 0 fully saturated rings. The zero-order valence-corrected chi connectivity index (χ0v) is 7.31. The van der Waals surface area contributed by atoms with Crippen molar-refractivity contribution in [3.63, 3.8) is 0 Å². The van der Waals surface area contributed by atoms with Gasteiger partial charge < -0.3 is 5.73 Å². The SMILES string of the molecule is CCn1nc(C(F)(F)F)c(N)c1C. The quantitative estimate of drug-likeness (QED) is 0.739. The van der Waals surface area contributed by atoms with Crippen molar-refractivity contribution in [1.82, 2.24) is 9.78 Å². The molecule has 6 heteroatoms. The lowest BCUT2D eigenvalue weighted by Crippen LogP contribution is -2.09. The topological polar surface area (TPSA) is 43.8 Å². The van der Waals surface area contributed by atoms with Crippen LogP contribution < -0.4 is 5.73 Å². The van der Waals surface area contributed by atoms with E-state index in [9.17, 15) is 13.2 Å². The molecule has 1 rings (SSSR count). The first kappa shape index (κ1) is 9.88. The first-order valence-electron chi connectivity index (χ1n) is 3.78. The first-order chi connectivity index (χ1) is 5.88. The van der Waals surface area contributed by atoms with Gasteiger partial charge in [0, 0.05) is 6.54 Å². The lowest BCUT2D eigenvalue weighted by Gasteiger charge is -2.01. The van der Waals surface area contributed by atoms with Crippen LogP contribution in [0.4, 0.5) is 18.9 Å². The van der Waals surface area contributed by atoms with Crippen molar-refractivity contribution < 1.29 is 13.2 Å². The van der Waals surface area contributed by atoms with Crippen LogP contribution in [0.5, 0.6) is 0 Å². The van der Waals surface area contributed by atoms with E-state index in [2.05, 4.69) is 5.10 Å². The third kappa shape index (κ3) is 1.61. The minimum Gasteiger partial charge on any atom is -0.395 e. The van der Waals surface area contributed by atoms with Gasteiger partial charge in [-0.15, -0.1) is 0 Å². The summed E-state index contributed by atoms with van der Waals surface area (Å²) in [6.45, 7) is 3.60. The van der Waals surface area contributed by atoms with Crippen LogP contribution in [0.25, 0.3) is 0 Å². The number of nitrogens with two attached hydrogens (primary N) is 1. The van der Waals surface area contributed by atoms with E-state index >= 15 is 0 Å². The molecule has 1 heterocycles. The second kappa shape index (κ2) is 2.93. The molecular formula is C7H10F3N3. The van der Waals surface area contributed by atoms with E-state index in [0.717, 1.165) is 0 Å². The minimum atomic E-state index is -4.46. The van der Waals surface area contributed by atoms with Gasteiger partial charge in [0.2, 0.25) is 0 Å². The molecule has 0 bridgehead atoms. The van der Waals surface area contributed by atoms with E-state index in [1.165, 1.54) is 11.6 Å². The molecule has 13 heavy (non-hydrogen) atoms. The van der Waals surface area contributed by atoms with Gasteiger partial charge in [0.1, 0.15) is 0 Å². The van der Waals surface area contributed by atoms with Gasteiger partial charge in [0.25, 0.3) is 0 Å². The number of aromatic nitrogens is 2. The van der Waals surface area contributed by atoms with Gasteiger partial charge >= 0.3 is 6.18 Å². The number of rotatable bonds is 1. The molecule has 0 radical (unpaired) electrons. The van der Waals surface area contributed by atoms with Crippen LogP contribution in [-0.2, 0) is 12.7 Å². The molecule has 0 atom stereocenters. The Kier molecular flexibility index (Phi) is 2.23. The lowest BCUT2D eigenvalue weighted by atomic mass is 10.3. The molecule has 0 unspecified atom stereocenters. The van der Waals surface area contributed by atoms with Crippen LogP contribution in [0.2, 0.25) is 0 Å². The number of aryl methyl sites for hydroxylation is 1. The summed E-state index contributed by atoms with van der Waals surface area (Å²) in [6.07, 6.45) is -4.46. The lowest BCUT2D eigenvalue weighted by molar-refractivity contribution is -0.140. The van der Waals surface area contributed by atoms with Gasteiger partial charge in [0.15, 0.2) is 5.69 Å². The van der Waals surface area contributed by atoms with E-state index in [1.54, 1.807) is 6.92 Å². The normalized spacial score (nSPS) is 12.1. The molecular weight excluding hydrogens is 183 g/mol. The highest BCUT2D eigenvalue weighted by Gasteiger charge is 2.37. The number of hydrogen-bond acceptors (Lipinski definition) is 2. The molecule has 0 aliphatic heterocycles. The van der Waals surface area contributed by atoms with E-state index in [1.807, 2.05) is 0 Å². The standard InChI is InChI=1S/C7H10F3N3/c1-3-13-4(2)5(11)6(12-13)7(8,9)10/h3,11H2,1-2H3. The fraction of sp³-hybridized carbons (Fsp3) is 0.571. The van der Waals surface area contributed by atoms with Gasteiger partial charge in [-0.25, -0.2) is 0 Å². The monoisotopic (exact) mass is 193 g/mol. The first-order valence-corrected chi connectivity index (χ1v) is 3.78. The Labute approximate surface area is 73.3 Å². The number of nitrogens with zero attached hydrogens (tertiary/aromatic N) is 2.